The first-order valence-electron chi connectivity index (χ1n) is 8.25. The first-order valence-corrected chi connectivity index (χ1v) is 8.25. The van der Waals surface area contributed by atoms with Gasteiger partial charge in [0, 0.05) is 18.2 Å². The maximum absolute atomic E-state index is 12.5. The second kappa shape index (κ2) is 9.33. The zero-order chi connectivity index (χ0) is 18.9. The van der Waals surface area contributed by atoms with E-state index in [2.05, 4.69) is 11.4 Å². The smallest absolute Gasteiger partial charge is 0.242 e. The average Bonchev–Trinajstić information content (AvgIpc) is 2.67. The Morgan fingerprint density at radius 3 is 2.38 bits per heavy atom. The highest BCUT2D eigenvalue weighted by Gasteiger charge is 2.21. The number of nitrogens with zero attached hydrogens (tertiary/aromatic N) is 1. The van der Waals surface area contributed by atoms with Crippen molar-refractivity contribution in [1.29, 1.82) is 5.26 Å². The minimum absolute atomic E-state index is 0.243. The normalized spacial score (nSPS) is 11.2. The number of carbonyl (C=O) groups is 1. The van der Waals surface area contributed by atoms with Gasteiger partial charge in [-0.2, -0.15) is 5.26 Å². The van der Waals surface area contributed by atoms with E-state index in [0.717, 1.165) is 11.3 Å². The largest absolute Gasteiger partial charge is 0.497 e. The number of benzene rings is 2. The van der Waals surface area contributed by atoms with Gasteiger partial charge in [0.15, 0.2) is 0 Å². The summed E-state index contributed by atoms with van der Waals surface area (Å²) in [5.74, 6) is 0.750. The van der Waals surface area contributed by atoms with E-state index in [1.807, 2.05) is 6.92 Å². The van der Waals surface area contributed by atoms with Gasteiger partial charge in [-0.25, -0.2) is 0 Å². The summed E-state index contributed by atoms with van der Waals surface area (Å²) in [6.45, 7) is 2.48. The van der Waals surface area contributed by atoms with Crippen LogP contribution >= 0.6 is 0 Å². The number of carbonyl (C=O) groups excluding carboxylic acids is 1. The topological polar surface area (TPSA) is 80.6 Å². The zero-order valence-electron chi connectivity index (χ0n) is 15.1. The SMILES string of the molecule is CCOc1ccc(NC(=O)C(C#N)Cc2ccc(OC)cc2OC)cc1. The van der Waals surface area contributed by atoms with Crippen molar-refractivity contribution in [1.82, 2.24) is 0 Å². The molecule has 6 heteroatoms. The fraction of sp³-hybridized carbons (Fsp3) is 0.300. The molecular weight excluding hydrogens is 332 g/mol. The summed E-state index contributed by atoms with van der Waals surface area (Å²) in [5.41, 5.74) is 1.38. The maximum Gasteiger partial charge on any atom is 0.242 e. The summed E-state index contributed by atoms with van der Waals surface area (Å²) in [4.78, 5) is 12.5. The van der Waals surface area contributed by atoms with Crippen LogP contribution in [0.3, 0.4) is 0 Å². The number of amides is 1. The third kappa shape index (κ3) is 4.90. The van der Waals surface area contributed by atoms with Crippen LogP contribution in [0.25, 0.3) is 0 Å². The van der Waals surface area contributed by atoms with Gasteiger partial charge < -0.3 is 19.5 Å². The van der Waals surface area contributed by atoms with Crippen LogP contribution in [0.15, 0.2) is 42.5 Å². The van der Waals surface area contributed by atoms with Crippen molar-refractivity contribution < 1.29 is 19.0 Å². The summed E-state index contributed by atoms with van der Waals surface area (Å²) in [6.07, 6.45) is 0.243. The van der Waals surface area contributed by atoms with Crippen LogP contribution in [0.4, 0.5) is 5.69 Å². The Kier molecular flexibility index (Phi) is 6.86. The number of hydrogen-bond donors (Lipinski definition) is 1. The van der Waals surface area contributed by atoms with Crippen LogP contribution in [-0.4, -0.2) is 26.7 Å². The molecule has 1 atom stereocenters. The summed E-state index contributed by atoms with van der Waals surface area (Å²) in [5, 5.41) is 12.2. The molecule has 0 saturated carbocycles. The number of nitriles is 1. The lowest BCUT2D eigenvalue weighted by atomic mass is 9.98. The number of anilines is 1. The molecular formula is C20H22N2O4. The molecule has 6 nitrogen and oxygen atoms in total. The molecule has 2 rings (SSSR count). The molecule has 2 aromatic carbocycles. The number of rotatable bonds is 8. The summed E-state index contributed by atoms with van der Waals surface area (Å²) >= 11 is 0. The molecule has 0 bridgehead atoms. The van der Waals surface area contributed by atoms with Gasteiger partial charge in [-0.15, -0.1) is 0 Å². The molecule has 0 aromatic heterocycles. The Balaban J connectivity index is 2.08. The molecule has 0 heterocycles. The Hall–Kier alpha value is -3.20. The van der Waals surface area contributed by atoms with Crippen molar-refractivity contribution in [3.8, 4) is 23.3 Å². The lowest BCUT2D eigenvalue weighted by Gasteiger charge is -2.14. The fourth-order valence-electron chi connectivity index (χ4n) is 2.47. The van der Waals surface area contributed by atoms with Crippen LogP contribution in [0.2, 0.25) is 0 Å². The van der Waals surface area contributed by atoms with Gasteiger partial charge in [0.2, 0.25) is 5.91 Å². The second-order valence-corrected chi connectivity index (χ2v) is 5.51. The van der Waals surface area contributed by atoms with E-state index in [4.69, 9.17) is 14.2 Å². The Morgan fingerprint density at radius 2 is 1.81 bits per heavy atom. The molecule has 1 N–H and O–H groups in total. The number of ether oxygens (including phenoxy) is 3. The van der Waals surface area contributed by atoms with Gasteiger partial charge in [0.05, 0.1) is 26.9 Å². The van der Waals surface area contributed by atoms with Gasteiger partial charge in [-0.3, -0.25) is 4.79 Å². The summed E-state index contributed by atoms with van der Waals surface area (Å²) in [7, 11) is 3.11. The average molecular weight is 354 g/mol. The van der Waals surface area contributed by atoms with Crippen molar-refractivity contribution in [3.63, 3.8) is 0 Å². The van der Waals surface area contributed by atoms with Gasteiger partial charge in [0.1, 0.15) is 23.2 Å². The van der Waals surface area contributed by atoms with Gasteiger partial charge in [-0.1, -0.05) is 6.07 Å². The van der Waals surface area contributed by atoms with E-state index >= 15 is 0 Å². The molecule has 1 unspecified atom stereocenters. The van der Waals surface area contributed by atoms with Gasteiger partial charge >= 0.3 is 0 Å². The Morgan fingerprint density at radius 1 is 1.12 bits per heavy atom. The Bertz CT molecular complexity index is 781. The van der Waals surface area contributed by atoms with Crippen LogP contribution in [0.1, 0.15) is 12.5 Å². The predicted octanol–water partition coefficient (Wildman–Crippen LogP) is 3.42. The number of nitrogens with one attached hydrogen (secondary N) is 1. The molecule has 2 aromatic rings. The number of methoxy groups -OCH3 is 2. The lowest BCUT2D eigenvalue weighted by Crippen LogP contribution is -2.23. The van der Waals surface area contributed by atoms with Crippen molar-refractivity contribution >= 4 is 11.6 Å². The minimum atomic E-state index is -0.844. The van der Waals surface area contributed by atoms with Crippen molar-refractivity contribution in [2.24, 2.45) is 5.92 Å². The van der Waals surface area contributed by atoms with Crippen molar-refractivity contribution in [2.45, 2.75) is 13.3 Å². The van der Waals surface area contributed by atoms with Crippen LogP contribution in [0.5, 0.6) is 17.2 Å². The molecule has 0 aliphatic heterocycles. The van der Waals surface area contributed by atoms with Gasteiger partial charge in [0.25, 0.3) is 0 Å². The summed E-state index contributed by atoms with van der Waals surface area (Å²) < 4.78 is 15.9. The molecule has 0 saturated heterocycles. The van der Waals surface area contributed by atoms with Crippen LogP contribution in [-0.2, 0) is 11.2 Å². The molecule has 0 aliphatic carbocycles. The van der Waals surface area contributed by atoms with E-state index < -0.39 is 5.92 Å². The van der Waals surface area contributed by atoms with Crippen LogP contribution < -0.4 is 19.5 Å². The fourth-order valence-corrected chi connectivity index (χ4v) is 2.47. The second-order valence-electron chi connectivity index (χ2n) is 5.51. The molecule has 0 aliphatic rings. The molecule has 136 valence electrons. The van der Waals surface area contributed by atoms with Crippen LogP contribution in [0, 0.1) is 17.2 Å². The Labute approximate surface area is 153 Å². The quantitative estimate of drug-likeness (QED) is 0.785. The van der Waals surface area contributed by atoms with Crippen molar-refractivity contribution in [3.05, 3.63) is 48.0 Å². The minimum Gasteiger partial charge on any atom is -0.497 e. The highest BCUT2D eigenvalue weighted by Crippen LogP contribution is 2.27. The van der Waals surface area contributed by atoms with E-state index in [9.17, 15) is 10.1 Å². The highest BCUT2D eigenvalue weighted by molar-refractivity contribution is 5.94. The monoisotopic (exact) mass is 354 g/mol. The van der Waals surface area contributed by atoms with E-state index in [1.54, 1.807) is 56.7 Å². The van der Waals surface area contributed by atoms with E-state index in [1.165, 1.54) is 0 Å². The highest BCUT2D eigenvalue weighted by atomic mass is 16.5. The zero-order valence-corrected chi connectivity index (χ0v) is 15.1. The van der Waals surface area contributed by atoms with Crippen molar-refractivity contribution in [2.75, 3.05) is 26.1 Å². The molecule has 1 amide bonds. The van der Waals surface area contributed by atoms with E-state index in [0.29, 0.717) is 23.8 Å². The molecule has 26 heavy (non-hydrogen) atoms. The first kappa shape index (κ1) is 19.1. The molecule has 0 radical (unpaired) electrons. The lowest BCUT2D eigenvalue weighted by molar-refractivity contribution is -0.118. The predicted molar refractivity (Wildman–Crippen MR) is 98.6 cm³/mol. The number of hydrogen-bond acceptors (Lipinski definition) is 5. The standard InChI is InChI=1S/C20H22N2O4/c1-4-26-17-9-6-16(7-10-17)22-20(23)15(13-21)11-14-5-8-18(24-2)12-19(14)25-3/h5-10,12,15H,4,11H2,1-3H3,(H,22,23). The first-order chi connectivity index (χ1) is 12.6. The molecule has 0 fully saturated rings. The third-order valence-corrected chi connectivity index (χ3v) is 3.82. The van der Waals surface area contributed by atoms with Gasteiger partial charge in [-0.05, 0) is 42.8 Å². The third-order valence-electron chi connectivity index (χ3n) is 3.82. The summed E-state index contributed by atoms with van der Waals surface area (Å²) in [6, 6.07) is 14.4. The molecule has 0 spiro atoms. The van der Waals surface area contributed by atoms with E-state index in [-0.39, 0.29) is 12.3 Å². The maximum atomic E-state index is 12.5.